The fourth-order valence-electron chi connectivity index (χ4n) is 4.06. The van der Waals surface area contributed by atoms with Gasteiger partial charge >= 0.3 is 0 Å². The summed E-state index contributed by atoms with van der Waals surface area (Å²) >= 11 is 0. The van der Waals surface area contributed by atoms with E-state index in [1.165, 1.54) is 0 Å². The zero-order valence-electron chi connectivity index (χ0n) is 13.2. The van der Waals surface area contributed by atoms with Gasteiger partial charge in [-0.2, -0.15) is 5.21 Å². The van der Waals surface area contributed by atoms with Crippen LogP contribution in [0, 0.1) is 5.92 Å². The Morgan fingerprint density at radius 2 is 2.20 bits per heavy atom. The van der Waals surface area contributed by atoms with Crippen LogP contribution in [0.15, 0.2) is 4.99 Å². The Morgan fingerprint density at radius 1 is 1.48 bits per heavy atom. The standard InChI is InChI=1S/C12H21N7O5S/c13-11(14)15-8-3-12(22,10-16-18-19-17-10)7-2-6(1-5(21)4-20)25(23,24)9(7)8/h5-9,20-22H,1-4H2,(H4,13,14,15)(H,16,17,18,19)/t5-,6-,7-,8+,9+,12+/m0/s1. The first kappa shape index (κ1) is 18.0. The number of nitrogens with two attached hydrogens (primary N) is 2. The molecule has 2 aliphatic rings. The number of nitrogens with one attached hydrogen (secondary N) is 1. The van der Waals surface area contributed by atoms with Gasteiger partial charge in [-0.05, 0) is 12.8 Å². The Balaban J connectivity index is 2.02. The minimum Gasteiger partial charge on any atom is -0.394 e. The van der Waals surface area contributed by atoms with E-state index in [2.05, 4.69) is 25.6 Å². The summed E-state index contributed by atoms with van der Waals surface area (Å²) in [6.45, 7) is -0.548. The zero-order valence-corrected chi connectivity index (χ0v) is 14.0. The van der Waals surface area contributed by atoms with Crippen LogP contribution in [0.3, 0.4) is 0 Å². The molecule has 0 amide bonds. The quantitative estimate of drug-likeness (QED) is 0.219. The van der Waals surface area contributed by atoms with E-state index < -0.39 is 50.6 Å². The van der Waals surface area contributed by atoms with Crippen LogP contribution in [0.2, 0.25) is 0 Å². The molecule has 2 heterocycles. The van der Waals surface area contributed by atoms with E-state index in [0.717, 1.165) is 0 Å². The summed E-state index contributed by atoms with van der Waals surface area (Å²) in [6, 6.07) is -0.861. The predicted octanol–water partition coefficient (Wildman–Crippen LogP) is -3.65. The first-order valence-corrected chi connectivity index (χ1v) is 9.37. The van der Waals surface area contributed by atoms with Crippen molar-refractivity contribution in [2.45, 2.75) is 47.5 Å². The Kier molecular flexibility index (Phi) is 4.43. The molecule has 0 radical (unpaired) electrons. The molecule has 2 fully saturated rings. The van der Waals surface area contributed by atoms with Crippen molar-refractivity contribution in [1.29, 1.82) is 0 Å². The van der Waals surface area contributed by atoms with E-state index in [4.69, 9.17) is 16.6 Å². The number of hydrogen-bond acceptors (Lipinski definition) is 9. The van der Waals surface area contributed by atoms with E-state index in [9.17, 15) is 18.6 Å². The largest absolute Gasteiger partial charge is 0.394 e. The molecule has 1 aromatic heterocycles. The Morgan fingerprint density at radius 3 is 2.76 bits per heavy atom. The molecule has 1 saturated heterocycles. The summed E-state index contributed by atoms with van der Waals surface area (Å²) in [5.74, 6) is -1.05. The molecule has 0 bridgehead atoms. The zero-order chi connectivity index (χ0) is 18.4. The highest BCUT2D eigenvalue weighted by Crippen LogP contribution is 2.54. The molecule has 1 aromatic rings. The van der Waals surface area contributed by atoms with Gasteiger partial charge in [0.25, 0.3) is 0 Å². The summed E-state index contributed by atoms with van der Waals surface area (Å²) in [7, 11) is -3.76. The molecule has 0 unspecified atom stereocenters. The summed E-state index contributed by atoms with van der Waals surface area (Å²) in [5, 5.41) is 41.1. The van der Waals surface area contributed by atoms with Gasteiger partial charge in [-0.1, -0.05) is 5.21 Å². The van der Waals surface area contributed by atoms with E-state index in [0.29, 0.717) is 0 Å². The second-order valence-corrected chi connectivity index (χ2v) is 8.96. The number of aromatic amines is 1. The minimum atomic E-state index is -3.76. The summed E-state index contributed by atoms with van der Waals surface area (Å²) < 4.78 is 25.9. The lowest BCUT2D eigenvalue weighted by Crippen LogP contribution is -2.35. The predicted molar refractivity (Wildman–Crippen MR) is 84.6 cm³/mol. The maximum atomic E-state index is 13.0. The van der Waals surface area contributed by atoms with Crippen molar-refractivity contribution in [3.63, 3.8) is 0 Å². The summed E-state index contributed by atoms with van der Waals surface area (Å²) in [4.78, 5) is 3.99. The number of fused-ring (bicyclic) bond motifs is 1. The average Bonchev–Trinajstić information content (AvgIpc) is 3.19. The number of tetrazole rings is 1. The lowest BCUT2D eigenvalue weighted by atomic mass is 9.86. The van der Waals surface area contributed by atoms with Gasteiger partial charge in [0.05, 0.1) is 29.3 Å². The fourth-order valence-corrected chi connectivity index (χ4v) is 6.86. The van der Waals surface area contributed by atoms with Crippen LogP contribution in [0.5, 0.6) is 0 Å². The van der Waals surface area contributed by atoms with Crippen molar-refractivity contribution in [3.8, 4) is 0 Å². The van der Waals surface area contributed by atoms with Crippen LogP contribution in [-0.4, -0.2) is 79.6 Å². The Labute approximate surface area is 143 Å². The maximum absolute atomic E-state index is 13.0. The van der Waals surface area contributed by atoms with E-state index in [1.807, 2.05) is 0 Å². The van der Waals surface area contributed by atoms with Crippen molar-refractivity contribution in [1.82, 2.24) is 20.6 Å². The number of H-pyrrole nitrogens is 1. The fraction of sp³-hybridized carbons (Fsp3) is 0.833. The van der Waals surface area contributed by atoms with Crippen LogP contribution in [0.25, 0.3) is 0 Å². The topological polar surface area (TPSA) is 214 Å². The summed E-state index contributed by atoms with van der Waals surface area (Å²) in [6.07, 6.45) is -1.29. The molecule has 0 spiro atoms. The van der Waals surface area contributed by atoms with Crippen molar-refractivity contribution in [2.24, 2.45) is 22.4 Å². The van der Waals surface area contributed by atoms with Gasteiger partial charge in [0.15, 0.2) is 15.8 Å². The van der Waals surface area contributed by atoms with Gasteiger partial charge in [0, 0.05) is 12.3 Å². The van der Waals surface area contributed by atoms with Gasteiger partial charge in [-0.3, -0.25) is 0 Å². The van der Waals surface area contributed by atoms with Gasteiger partial charge in [0.2, 0.25) is 5.82 Å². The number of aliphatic imine (C=N–C) groups is 1. The molecule has 1 saturated carbocycles. The number of aromatic nitrogens is 4. The number of guanidine groups is 1. The number of rotatable bonds is 5. The highest BCUT2D eigenvalue weighted by atomic mass is 32.2. The van der Waals surface area contributed by atoms with E-state index >= 15 is 0 Å². The molecule has 25 heavy (non-hydrogen) atoms. The second-order valence-electron chi connectivity index (χ2n) is 6.58. The van der Waals surface area contributed by atoms with Crippen molar-refractivity contribution in [2.75, 3.05) is 6.61 Å². The normalized spacial score (nSPS) is 37.6. The highest BCUT2D eigenvalue weighted by Gasteiger charge is 2.66. The third-order valence-corrected chi connectivity index (χ3v) is 7.78. The van der Waals surface area contributed by atoms with Crippen LogP contribution >= 0.6 is 0 Å². The first-order chi connectivity index (χ1) is 11.7. The third kappa shape index (κ3) is 2.86. The average molecular weight is 375 g/mol. The smallest absolute Gasteiger partial charge is 0.206 e. The molecule has 140 valence electrons. The minimum absolute atomic E-state index is 0.0191. The maximum Gasteiger partial charge on any atom is 0.206 e. The molecule has 3 rings (SSSR count). The molecular weight excluding hydrogens is 354 g/mol. The number of aliphatic hydroxyl groups is 3. The van der Waals surface area contributed by atoms with Gasteiger partial charge in [-0.15, -0.1) is 10.2 Å². The molecule has 1 aliphatic carbocycles. The number of sulfone groups is 1. The lowest BCUT2D eigenvalue weighted by Gasteiger charge is -2.25. The third-order valence-electron chi connectivity index (χ3n) is 5.06. The SMILES string of the molecule is NC(N)=N[C@@H]1C[C@](O)(c2nn[nH]n2)[C@H]2C[C@H](C[C@H](O)CO)S(=O)(=O)[C@@H]12. The molecule has 0 aromatic carbocycles. The van der Waals surface area contributed by atoms with Crippen molar-refractivity contribution < 1.29 is 23.7 Å². The Bertz CT molecular complexity index is 750. The number of aliphatic hydroxyl groups excluding tert-OH is 2. The lowest BCUT2D eigenvalue weighted by molar-refractivity contribution is -0.0128. The van der Waals surface area contributed by atoms with Gasteiger partial charge < -0.3 is 26.8 Å². The Hall–Kier alpha value is -1.83. The summed E-state index contributed by atoms with van der Waals surface area (Å²) in [5.41, 5.74) is 9.17. The molecule has 13 heteroatoms. The molecule has 12 nitrogen and oxygen atoms in total. The first-order valence-electron chi connectivity index (χ1n) is 7.76. The molecule has 8 N–H and O–H groups in total. The second kappa shape index (κ2) is 6.16. The monoisotopic (exact) mass is 375 g/mol. The van der Waals surface area contributed by atoms with E-state index in [1.54, 1.807) is 0 Å². The van der Waals surface area contributed by atoms with Crippen molar-refractivity contribution >= 4 is 15.8 Å². The molecule has 1 aliphatic heterocycles. The van der Waals surface area contributed by atoms with Crippen LogP contribution in [-0.2, 0) is 15.4 Å². The molecular formula is C12H21N7O5S. The van der Waals surface area contributed by atoms with Crippen LogP contribution in [0.4, 0.5) is 0 Å². The van der Waals surface area contributed by atoms with Crippen molar-refractivity contribution in [3.05, 3.63) is 5.82 Å². The van der Waals surface area contributed by atoms with Crippen LogP contribution < -0.4 is 11.5 Å². The van der Waals surface area contributed by atoms with E-state index in [-0.39, 0.29) is 31.0 Å². The molecule has 6 atom stereocenters. The number of hydrogen-bond donors (Lipinski definition) is 6. The van der Waals surface area contributed by atoms with Crippen LogP contribution in [0.1, 0.15) is 25.1 Å². The van der Waals surface area contributed by atoms with Gasteiger partial charge in [-0.25, -0.2) is 13.4 Å². The number of nitrogens with zero attached hydrogens (tertiary/aromatic N) is 4. The highest BCUT2D eigenvalue weighted by molar-refractivity contribution is 7.93. The van der Waals surface area contributed by atoms with Gasteiger partial charge in [0.1, 0.15) is 5.60 Å².